The number of rotatable bonds is 14. The largest absolute Gasteiger partial charge is 0.507 e. The first-order valence-electron chi connectivity index (χ1n) is 26.3. The van der Waals surface area contributed by atoms with Crippen LogP contribution in [0.25, 0.3) is 11.3 Å². The Balaban J connectivity index is 0.709. The summed E-state index contributed by atoms with van der Waals surface area (Å²) in [6.45, 7) is 9.81. The number of likely N-dealkylation sites (tertiary alicyclic amines) is 2. The van der Waals surface area contributed by atoms with Gasteiger partial charge in [-0.1, -0.05) is 43.3 Å². The van der Waals surface area contributed by atoms with E-state index in [1.54, 1.807) is 60.8 Å². The Kier molecular flexibility index (Phi) is 14.8. The molecule has 2 unspecified atom stereocenters. The minimum atomic E-state index is -3.10. The number of nitrogens with zero attached hydrogens (tertiary/aromatic N) is 10. The molecule has 2 bridgehead atoms. The van der Waals surface area contributed by atoms with Gasteiger partial charge in [0.05, 0.1) is 41.7 Å². The fourth-order valence-electron chi connectivity index (χ4n) is 11.9. The summed E-state index contributed by atoms with van der Waals surface area (Å²) in [4.78, 5) is 42.2. The van der Waals surface area contributed by atoms with Crippen LogP contribution in [0.15, 0.2) is 83.5 Å². The van der Waals surface area contributed by atoms with E-state index >= 15 is 8.78 Å². The van der Waals surface area contributed by atoms with Crippen LogP contribution in [0, 0.1) is 29.1 Å². The third kappa shape index (κ3) is 11.2. The van der Waals surface area contributed by atoms with Crippen molar-refractivity contribution in [2.24, 2.45) is 17.8 Å². The highest BCUT2D eigenvalue weighted by Gasteiger charge is 2.48. The van der Waals surface area contributed by atoms with Gasteiger partial charge in [-0.2, -0.15) is 5.26 Å². The van der Waals surface area contributed by atoms with Crippen molar-refractivity contribution in [2.75, 3.05) is 79.3 Å². The van der Waals surface area contributed by atoms with Crippen molar-refractivity contribution in [3.63, 3.8) is 0 Å². The number of hydrogen-bond donors (Lipinski definition) is 4. The van der Waals surface area contributed by atoms with Gasteiger partial charge in [0, 0.05) is 101 Å². The average molecular weight is 1030 g/mol. The van der Waals surface area contributed by atoms with Crippen LogP contribution in [0.3, 0.4) is 0 Å². The molecule has 5 aromatic rings. The molecule has 10 rings (SSSR count). The van der Waals surface area contributed by atoms with E-state index in [9.17, 15) is 19.8 Å². The maximum absolute atomic E-state index is 16.0. The standard InChI is InChI=1S/C55H66F2N12O6/c1-33(2)51(54(73)69-31-41(70)24-45(69)53(72)61-34(3)38-10-8-35(27-58)9-11-38)47-26-49(64-75-47)66-19-13-36(14-20-66)28-65-18-16-48(55(56,57)32-65)74-50-23-39(12-17-60-50)68-29-37-15-21-67(30-40(68)22-37)44-25-43(62-63-52(44)59)42-6-4-5-7-46(42)71/h4-12,17,23,25-26,33-34,36-37,40-41,45,48,51,70-71H,13-16,18-22,24,28-32H2,1-3H3,(H2,59,63)(H,61,72)/t34-,37?,40?,41+,45-,48-,51+/m0/s1. The lowest BCUT2D eigenvalue weighted by Gasteiger charge is -2.40. The highest BCUT2D eigenvalue weighted by atomic mass is 19.3. The monoisotopic (exact) mass is 1030 g/mol. The number of aliphatic hydroxyl groups is 1. The predicted molar refractivity (Wildman–Crippen MR) is 277 cm³/mol. The number of anilines is 4. The molecule has 2 amide bonds. The van der Waals surface area contributed by atoms with Gasteiger partial charge < -0.3 is 50.1 Å². The molecule has 0 radical (unpaired) electrons. The normalized spacial score (nSPS) is 23.9. The smallest absolute Gasteiger partial charge is 0.296 e. The van der Waals surface area contributed by atoms with E-state index in [1.807, 2.05) is 43.9 Å². The van der Waals surface area contributed by atoms with E-state index in [2.05, 4.69) is 46.4 Å². The Morgan fingerprint density at radius 2 is 1.72 bits per heavy atom. The van der Waals surface area contributed by atoms with Crippen molar-refractivity contribution in [1.29, 1.82) is 5.26 Å². The number of alkyl halides is 2. The van der Waals surface area contributed by atoms with Crippen LogP contribution in [0.1, 0.15) is 88.1 Å². The Labute approximate surface area is 435 Å². The van der Waals surface area contributed by atoms with Crippen molar-refractivity contribution in [3.8, 4) is 29.0 Å². The van der Waals surface area contributed by atoms with Crippen molar-refractivity contribution >= 4 is 34.8 Å². The molecule has 5 saturated heterocycles. The number of amides is 2. The predicted octanol–water partition coefficient (Wildman–Crippen LogP) is 6.38. The lowest BCUT2D eigenvalue weighted by Crippen LogP contribution is -2.55. The second-order valence-electron chi connectivity index (χ2n) is 21.5. The number of phenolic OH excluding ortho intramolecular Hbond substituents is 1. The zero-order valence-corrected chi connectivity index (χ0v) is 42.6. The number of halogens is 2. The van der Waals surface area contributed by atoms with Crippen molar-refractivity contribution in [3.05, 3.63) is 95.9 Å². The molecule has 5 N–H and O–H groups in total. The third-order valence-corrected chi connectivity index (χ3v) is 16.0. The number of carbonyl (C=O) groups excluding carboxylic acids is 2. The molecule has 5 aliphatic rings. The number of nitrogen functional groups attached to an aromatic ring is 1. The van der Waals surface area contributed by atoms with Gasteiger partial charge in [0.1, 0.15) is 17.7 Å². The fourth-order valence-corrected chi connectivity index (χ4v) is 11.9. The first-order chi connectivity index (χ1) is 36.1. The lowest BCUT2D eigenvalue weighted by atomic mass is 9.91. The van der Waals surface area contributed by atoms with E-state index in [1.165, 1.54) is 4.90 Å². The minimum Gasteiger partial charge on any atom is -0.507 e. The summed E-state index contributed by atoms with van der Waals surface area (Å²) in [5.74, 6) is -2.57. The number of para-hydroxylation sites is 1. The summed E-state index contributed by atoms with van der Waals surface area (Å²) in [6, 6.07) is 22.2. The molecule has 75 heavy (non-hydrogen) atoms. The number of aromatic hydroxyl groups is 1. The van der Waals surface area contributed by atoms with Crippen LogP contribution in [-0.2, 0) is 9.59 Å². The molecule has 20 heteroatoms. The Morgan fingerprint density at radius 1 is 0.947 bits per heavy atom. The maximum atomic E-state index is 16.0. The van der Waals surface area contributed by atoms with E-state index in [0.29, 0.717) is 72.9 Å². The van der Waals surface area contributed by atoms with E-state index in [0.717, 1.165) is 55.7 Å². The lowest BCUT2D eigenvalue weighted by molar-refractivity contribution is -0.142. The number of pyridine rings is 1. The zero-order chi connectivity index (χ0) is 52.5. The fraction of sp³-hybridized carbons (Fsp3) is 0.509. The number of β-amino-alcohol motifs (C(OH)–C–C–N with tert-alkyl or cyclic N) is 1. The molecular formula is C55H66F2N12O6. The number of aromatic nitrogens is 4. The summed E-state index contributed by atoms with van der Waals surface area (Å²) in [6.07, 6.45) is 3.13. The number of aliphatic hydroxyl groups excluding tert-OH is 1. The number of nitriles is 1. The van der Waals surface area contributed by atoms with E-state index in [-0.39, 0.29) is 60.7 Å². The van der Waals surface area contributed by atoms with Crippen molar-refractivity contribution < 1.29 is 37.8 Å². The Bertz CT molecular complexity index is 2870. The Hall–Kier alpha value is -7.11. The SMILES string of the molecule is CC(C)[C@@H](C(=O)N1C[C@H](O)C[C@H]1C(=O)N[C@@H](C)c1ccc(C#N)cc1)c1cc(N2CCC(CN3CC[C@H](Oc4cc(N5CC6CCN(c7cc(-c8ccccc8O)nnc7N)CC5C6)ccn4)C(F)(F)C3)CC2)no1. The molecule has 396 valence electrons. The van der Waals surface area contributed by atoms with E-state index < -0.39 is 42.7 Å². The number of hydrogen-bond acceptors (Lipinski definition) is 16. The highest BCUT2D eigenvalue weighted by Crippen LogP contribution is 2.40. The first kappa shape index (κ1) is 51.4. The van der Waals surface area contributed by atoms with Crippen molar-refractivity contribution in [2.45, 2.75) is 101 Å². The maximum Gasteiger partial charge on any atom is 0.296 e. The van der Waals surface area contributed by atoms with Gasteiger partial charge in [-0.25, -0.2) is 13.8 Å². The van der Waals surface area contributed by atoms with Gasteiger partial charge in [-0.05, 0) is 92.3 Å². The average Bonchev–Trinajstić information content (AvgIpc) is 4.12. The number of ether oxygens (including phenoxy) is 1. The van der Waals surface area contributed by atoms with Crippen molar-refractivity contribution in [1.82, 2.24) is 35.5 Å². The molecule has 7 atom stereocenters. The van der Waals surface area contributed by atoms with Crippen LogP contribution in [-0.4, -0.2) is 141 Å². The first-order valence-corrected chi connectivity index (χ1v) is 26.3. The molecule has 5 aliphatic heterocycles. The molecule has 2 aromatic carbocycles. The number of piperidine rings is 2. The van der Waals surface area contributed by atoms with Crippen LogP contribution < -0.4 is 30.5 Å². The number of fused-ring (bicyclic) bond motifs is 2. The van der Waals surface area contributed by atoms with Crippen LogP contribution in [0.2, 0.25) is 0 Å². The third-order valence-electron chi connectivity index (χ3n) is 16.0. The topological polar surface area (TPSA) is 227 Å². The van der Waals surface area contributed by atoms with Gasteiger partial charge >= 0.3 is 0 Å². The molecule has 5 fully saturated rings. The summed E-state index contributed by atoms with van der Waals surface area (Å²) in [5, 5.41) is 46.2. The molecule has 0 saturated carbocycles. The summed E-state index contributed by atoms with van der Waals surface area (Å²) >= 11 is 0. The van der Waals surface area contributed by atoms with Gasteiger partial charge in [-0.15, -0.1) is 10.2 Å². The number of nitrogens with one attached hydrogen (secondary N) is 1. The van der Waals surface area contributed by atoms with Crippen LogP contribution in [0.4, 0.5) is 31.8 Å². The number of benzene rings is 2. The quantitative estimate of drug-likeness (QED) is 0.0947. The number of phenols is 1. The molecule has 18 nitrogen and oxygen atoms in total. The van der Waals surface area contributed by atoms with Crippen LogP contribution in [0.5, 0.6) is 11.6 Å². The molecular weight excluding hydrogens is 963 g/mol. The molecule has 8 heterocycles. The van der Waals surface area contributed by atoms with Gasteiger partial charge in [-0.3, -0.25) is 14.5 Å². The molecule has 0 spiro atoms. The zero-order valence-electron chi connectivity index (χ0n) is 42.6. The molecule has 3 aromatic heterocycles. The van der Waals surface area contributed by atoms with Crippen LogP contribution >= 0.6 is 0 Å². The second-order valence-corrected chi connectivity index (χ2v) is 21.5. The van der Waals surface area contributed by atoms with E-state index in [4.69, 9.17) is 20.3 Å². The minimum absolute atomic E-state index is 0.0115. The second kappa shape index (κ2) is 21.6. The highest BCUT2D eigenvalue weighted by molar-refractivity contribution is 5.91. The van der Waals surface area contributed by atoms with Gasteiger partial charge in [0.25, 0.3) is 5.92 Å². The van der Waals surface area contributed by atoms with Gasteiger partial charge in [0.2, 0.25) is 17.7 Å². The summed E-state index contributed by atoms with van der Waals surface area (Å²) in [7, 11) is 0. The van der Waals surface area contributed by atoms with Gasteiger partial charge in [0.15, 0.2) is 23.5 Å². The summed E-state index contributed by atoms with van der Waals surface area (Å²) < 4.78 is 43.9. The number of carbonyl (C=O) groups is 2. The Morgan fingerprint density at radius 3 is 2.47 bits per heavy atom. The summed E-state index contributed by atoms with van der Waals surface area (Å²) in [5.41, 5.74) is 10.5. The number of nitrogens with two attached hydrogens (primary N) is 1. The molecule has 0 aliphatic carbocycles.